The van der Waals surface area contributed by atoms with E-state index in [0.717, 1.165) is 16.9 Å². The molecule has 0 spiro atoms. The number of nitrogens with zero attached hydrogens (tertiary/aromatic N) is 1. The Morgan fingerprint density at radius 1 is 1.12 bits per heavy atom. The molecule has 32 heavy (non-hydrogen) atoms. The minimum Gasteiger partial charge on any atom is -0.496 e. The van der Waals surface area contributed by atoms with E-state index in [0.29, 0.717) is 35.8 Å². The van der Waals surface area contributed by atoms with Gasteiger partial charge in [-0.15, -0.1) is 0 Å². The number of urea groups is 1. The van der Waals surface area contributed by atoms with Crippen molar-refractivity contribution < 1.29 is 23.9 Å². The summed E-state index contributed by atoms with van der Waals surface area (Å²) in [4.78, 5) is 39.7. The number of amides is 4. The topological polar surface area (TPSA) is 97.0 Å². The van der Waals surface area contributed by atoms with Crippen LogP contribution in [0, 0.1) is 6.92 Å². The average Bonchev–Trinajstić information content (AvgIpc) is 3.03. The molecule has 0 saturated carbocycles. The van der Waals surface area contributed by atoms with Crippen molar-refractivity contribution in [2.45, 2.75) is 39.2 Å². The van der Waals surface area contributed by atoms with Crippen molar-refractivity contribution in [1.29, 1.82) is 0 Å². The molecule has 8 heteroatoms. The fraction of sp³-hybridized carbons (Fsp3) is 0.375. The van der Waals surface area contributed by atoms with Crippen LogP contribution in [0.4, 0.5) is 10.5 Å². The predicted molar refractivity (Wildman–Crippen MR) is 121 cm³/mol. The van der Waals surface area contributed by atoms with Crippen molar-refractivity contribution in [3.8, 4) is 11.5 Å². The summed E-state index contributed by atoms with van der Waals surface area (Å²) in [5.74, 6) is 0.285. The Labute approximate surface area is 187 Å². The number of carbonyl (C=O) groups is 3. The van der Waals surface area contributed by atoms with E-state index in [1.165, 1.54) is 0 Å². The van der Waals surface area contributed by atoms with Crippen LogP contribution in [0.2, 0.25) is 0 Å². The summed E-state index contributed by atoms with van der Waals surface area (Å²) in [6.45, 7) is 5.80. The Morgan fingerprint density at radius 3 is 2.53 bits per heavy atom. The van der Waals surface area contributed by atoms with E-state index in [1.54, 1.807) is 37.4 Å². The Morgan fingerprint density at radius 2 is 1.88 bits per heavy atom. The van der Waals surface area contributed by atoms with Crippen molar-refractivity contribution in [3.05, 3.63) is 53.6 Å². The molecule has 0 radical (unpaired) electrons. The quantitative estimate of drug-likeness (QED) is 0.582. The second-order valence-corrected chi connectivity index (χ2v) is 7.66. The van der Waals surface area contributed by atoms with E-state index >= 15 is 0 Å². The third-order valence-corrected chi connectivity index (χ3v) is 5.52. The number of rotatable bonds is 9. The molecule has 2 aromatic rings. The zero-order chi connectivity index (χ0) is 23.3. The number of aryl methyl sites for hydroxylation is 1. The number of anilines is 1. The van der Waals surface area contributed by atoms with E-state index < -0.39 is 29.9 Å². The van der Waals surface area contributed by atoms with Gasteiger partial charge in [0, 0.05) is 0 Å². The smallest absolute Gasteiger partial charge is 0.325 e. The number of hydrogen-bond acceptors (Lipinski definition) is 5. The van der Waals surface area contributed by atoms with Crippen LogP contribution in [0.15, 0.2) is 42.5 Å². The Hall–Kier alpha value is -3.55. The van der Waals surface area contributed by atoms with Crippen LogP contribution in [-0.4, -0.2) is 43.0 Å². The zero-order valence-corrected chi connectivity index (χ0v) is 18.9. The minimum atomic E-state index is -1.23. The molecule has 1 aliphatic heterocycles. The molecule has 0 aromatic heterocycles. The monoisotopic (exact) mass is 439 g/mol. The molecule has 1 atom stereocenters. The maximum atomic E-state index is 13.3. The number of methoxy groups -OCH3 is 1. The van der Waals surface area contributed by atoms with Gasteiger partial charge in [0.15, 0.2) is 0 Å². The van der Waals surface area contributed by atoms with Crippen LogP contribution in [0.25, 0.3) is 0 Å². The highest BCUT2D eigenvalue weighted by Gasteiger charge is 2.51. The summed E-state index contributed by atoms with van der Waals surface area (Å²) in [5, 5.41) is 5.54. The predicted octanol–water partition coefficient (Wildman–Crippen LogP) is 3.59. The van der Waals surface area contributed by atoms with Crippen LogP contribution in [-0.2, 0) is 15.1 Å². The lowest BCUT2D eigenvalue weighted by Crippen LogP contribution is -2.44. The lowest BCUT2D eigenvalue weighted by molar-refractivity contribution is -0.134. The molecule has 1 saturated heterocycles. The Bertz CT molecular complexity index is 1020. The number of hydrogen-bond donors (Lipinski definition) is 2. The number of imide groups is 1. The van der Waals surface area contributed by atoms with Gasteiger partial charge in [0.2, 0.25) is 5.91 Å². The van der Waals surface area contributed by atoms with Gasteiger partial charge >= 0.3 is 6.03 Å². The lowest BCUT2D eigenvalue weighted by Gasteiger charge is -2.26. The normalized spacial score (nSPS) is 17.8. The maximum Gasteiger partial charge on any atom is 0.325 e. The van der Waals surface area contributed by atoms with Gasteiger partial charge in [-0.3, -0.25) is 14.5 Å². The number of nitrogens with one attached hydrogen (secondary N) is 2. The van der Waals surface area contributed by atoms with E-state index in [2.05, 4.69) is 10.6 Å². The van der Waals surface area contributed by atoms with Crippen molar-refractivity contribution in [3.63, 3.8) is 0 Å². The largest absolute Gasteiger partial charge is 0.496 e. The van der Waals surface area contributed by atoms with E-state index in [4.69, 9.17) is 9.47 Å². The first-order chi connectivity index (χ1) is 15.4. The van der Waals surface area contributed by atoms with Crippen LogP contribution >= 0.6 is 0 Å². The highest BCUT2D eigenvalue weighted by atomic mass is 16.5. The van der Waals surface area contributed by atoms with Gasteiger partial charge in [0.1, 0.15) is 23.6 Å². The molecular weight excluding hydrogens is 410 g/mol. The molecule has 2 aromatic carbocycles. The molecular formula is C24H29N3O5. The first-order valence-corrected chi connectivity index (χ1v) is 10.7. The molecule has 2 N–H and O–H groups in total. The Kier molecular flexibility index (Phi) is 7.02. The van der Waals surface area contributed by atoms with Crippen molar-refractivity contribution in [2.75, 3.05) is 25.6 Å². The zero-order valence-electron chi connectivity index (χ0n) is 18.9. The van der Waals surface area contributed by atoms with Crippen LogP contribution in [0.5, 0.6) is 11.5 Å². The van der Waals surface area contributed by atoms with Crippen LogP contribution in [0.3, 0.4) is 0 Å². The SMILES string of the molecule is CCCOc1ccccc1NC(=O)CN1C(=O)NC(CC)(c2ccc(OC)c(C)c2)C1=O. The number of carbonyl (C=O) groups excluding carboxylic acids is 3. The van der Waals surface area contributed by atoms with Gasteiger partial charge in [0.05, 0.1) is 19.4 Å². The fourth-order valence-corrected chi connectivity index (χ4v) is 3.79. The Balaban J connectivity index is 1.79. The van der Waals surface area contributed by atoms with Gasteiger partial charge in [-0.25, -0.2) is 4.79 Å². The standard InChI is InChI=1S/C24H29N3O5/c1-5-13-32-20-10-8-7-9-18(20)25-21(28)15-27-22(29)24(6-2,26-23(27)30)17-11-12-19(31-4)16(3)14-17/h7-12,14H,5-6,13,15H2,1-4H3,(H,25,28)(H,26,30). The van der Waals surface area contributed by atoms with Gasteiger partial charge < -0.3 is 20.1 Å². The maximum absolute atomic E-state index is 13.3. The molecule has 1 aliphatic rings. The third kappa shape index (κ3) is 4.39. The van der Waals surface area contributed by atoms with E-state index in [9.17, 15) is 14.4 Å². The summed E-state index contributed by atoms with van der Waals surface area (Å²) < 4.78 is 10.9. The molecule has 4 amide bonds. The van der Waals surface area contributed by atoms with Crippen LogP contribution < -0.4 is 20.1 Å². The lowest BCUT2D eigenvalue weighted by atomic mass is 9.86. The molecule has 0 aliphatic carbocycles. The second-order valence-electron chi connectivity index (χ2n) is 7.66. The van der Waals surface area contributed by atoms with Crippen molar-refractivity contribution >= 4 is 23.5 Å². The third-order valence-electron chi connectivity index (χ3n) is 5.52. The van der Waals surface area contributed by atoms with Crippen molar-refractivity contribution in [2.24, 2.45) is 0 Å². The van der Waals surface area contributed by atoms with E-state index in [1.807, 2.05) is 32.9 Å². The summed E-state index contributed by atoms with van der Waals surface area (Å²) in [6.07, 6.45) is 1.17. The molecule has 1 fully saturated rings. The van der Waals surface area contributed by atoms with Crippen LogP contribution in [0.1, 0.15) is 37.8 Å². The molecule has 0 bridgehead atoms. The minimum absolute atomic E-state index is 0.342. The summed E-state index contributed by atoms with van der Waals surface area (Å²) in [6, 6.07) is 11.8. The first kappa shape index (κ1) is 23.1. The summed E-state index contributed by atoms with van der Waals surface area (Å²) in [7, 11) is 1.58. The highest BCUT2D eigenvalue weighted by Crippen LogP contribution is 2.34. The van der Waals surface area contributed by atoms with Gasteiger partial charge in [-0.2, -0.15) is 0 Å². The highest BCUT2D eigenvalue weighted by molar-refractivity contribution is 6.10. The molecule has 1 unspecified atom stereocenters. The van der Waals surface area contributed by atoms with Crippen molar-refractivity contribution in [1.82, 2.24) is 10.2 Å². The second kappa shape index (κ2) is 9.72. The summed E-state index contributed by atoms with van der Waals surface area (Å²) in [5.41, 5.74) is 0.763. The molecule has 1 heterocycles. The molecule has 8 nitrogen and oxygen atoms in total. The summed E-state index contributed by atoms with van der Waals surface area (Å²) >= 11 is 0. The molecule has 3 rings (SSSR count). The van der Waals surface area contributed by atoms with E-state index in [-0.39, 0.29) is 0 Å². The van der Waals surface area contributed by atoms with Gasteiger partial charge in [0.25, 0.3) is 5.91 Å². The number of benzene rings is 2. The van der Waals surface area contributed by atoms with Gasteiger partial charge in [-0.1, -0.05) is 32.0 Å². The fourth-order valence-electron chi connectivity index (χ4n) is 3.79. The van der Waals surface area contributed by atoms with Gasteiger partial charge in [-0.05, 0) is 55.2 Å². The number of ether oxygens (including phenoxy) is 2. The molecule has 170 valence electrons. The first-order valence-electron chi connectivity index (χ1n) is 10.7. The number of para-hydroxylation sites is 2. The average molecular weight is 440 g/mol.